The van der Waals surface area contributed by atoms with Crippen molar-refractivity contribution in [2.24, 2.45) is 0 Å². The van der Waals surface area contributed by atoms with E-state index in [2.05, 4.69) is 55.8 Å². The molecule has 5 rings (SSSR count). The monoisotopic (exact) mass is 462 g/mol. The van der Waals surface area contributed by atoms with Gasteiger partial charge >= 0.3 is 0 Å². The number of benzene rings is 3. The lowest BCUT2D eigenvalue weighted by molar-refractivity contribution is 0.122. The van der Waals surface area contributed by atoms with E-state index in [1.807, 2.05) is 54.6 Å². The van der Waals surface area contributed by atoms with Crippen molar-refractivity contribution in [3.05, 3.63) is 96.2 Å². The molecule has 0 bridgehead atoms. The maximum atomic E-state index is 9.71. The minimum atomic E-state index is 0.506. The SMILES string of the molecule is N#Cc1cc(-c2ccnc(Nc3ccc(N4CCOCC4)cc3)n2)ccc1NCc1ccccc1. The molecule has 0 saturated carbocycles. The topological polar surface area (TPSA) is 86.1 Å². The average molecular weight is 463 g/mol. The summed E-state index contributed by atoms with van der Waals surface area (Å²) in [5, 5.41) is 16.3. The number of hydrogen-bond donors (Lipinski definition) is 2. The Labute approximate surface area is 205 Å². The molecule has 1 saturated heterocycles. The third-order valence-corrected chi connectivity index (χ3v) is 5.92. The Bertz CT molecular complexity index is 1310. The van der Waals surface area contributed by atoms with Crippen molar-refractivity contribution < 1.29 is 4.74 Å². The third-order valence-electron chi connectivity index (χ3n) is 5.92. The van der Waals surface area contributed by atoms with Gasteiger partial charge in [0.2, 0.25) is 5.95 Å². The summed E-state index contributed by atoms with van der Waals surface area (Å²) in [4.78, 5) is 11.4. The summed E-state index contributed by atoms with van der Waals surface area (Å²) in [5.74, 6) is 0.506. The number of rotatable bonds is 7. The Balaban J connectivity index is 1.28. The number of ether oxygens (including phenoxy) is 1. The number of aromatic nitrogens is 2. The molecule has 35 heavy (non-hydrogen) atoms. The lowest BCUT2D eigenvalue weighted by atomic mass is 10.1. The highest BCUT2D eigenvalue weighted by atomic mass is 16.5. The van der Waals surface area contributed by atoms with E-state index in [1.165, 1.54) is 5.69 Å². The second-order valence-electron chi connectivity index (χ2n) is 8.25. The van der Waals surface area contributed by atoms with E-state index in [9.17, 15) is 5.26 Å². The molecule has 2 heterocycles. The molecule has 3 aromatic carbocycles. The van der Waals surface area contributed by atoms with Gasteiger partial charge in [-0.2, -0.15) is 5.26 Å². The standard InChI is InChI=1S/C28H26N6O/c29-19-23-18-22(6-11-26(23)31-20-21-4-2-1-3-5-21)27-12-13-30-28(33-27)32-24-7-9-25(10-8-24)34-14-16-35-17-15-34/h1-13,18,31H,14-17,20H2,(H,30,32,33). The minimum absolute atomic E-state index is 0.506. The minimum Gasteiger partial charge on any atom is -0.380 e. The predicted molar refractivity (Wildman–Crippen MR) is 139 cm³/mol. The maximum absolute atomic E-state index is 9.71. The number of hydrogen-bond acceptors (Lipinski definition) is 7. The Morgan fingerprint density at radius 2 is 1.74 bits per heavy atom. The van der Waals surface area contributed by atoms with Gasteiger partial charge in [0.05, 0.1) is 30.2 Å². The van der Waals surface area contributed by atoms with Crippen LogP contribution < -0.4 is 15.5 Å². The van der Waals surface area contributed by atoms with E-state index in [4.69, 9.17) is 4.74 Å². The van der Waals surface area contributed by atoms with Gasteiger partial charge in [-0.05, 0) is 48.0 Å². The van der Waals surface area contributed by atoms with Crippen molar-refractivity contribution in [3.63, 3.8) is 0 Å². The molecule has 7 nitrogen and oxygen atoms in total. The van der Waals surface area contributed by atoms with Gasteiger partial charge in [-0.1, -0.05) is 36.4 Å². The number of anilines is 4. The van der Waals surface area contributed by atoms with Gasteiger partial charge in [-0.15, -0.1) is 0 Å². The molecule has 1 aliphatic rings. The summed E-state index contributed by atoms with van der Waals surface area (Å²) in [6, 6.07) is 28.3. The summed E-state index contributed by atoms with van der Waals surface area (Å²) in [6.07, 6.45) is 1.72. The maximum Gasteiger partial charge on any atom is 0.227 e. The van der Waals surface area contributed by atoms with Gasteiger partial charge in [0.25, 0.3) is 0 Å². The molecule has 0 amide bonds. The Morgan fingerprint density at radius 1 is 0.943 bits per heavy atom. The zero-order chi connectivity index (χ0) is 23.9. The molecule has 7 heteroatoms. The van der Waals surface area contributed by atoms with Gasteiger partial charge in [0.1, 0.15) is 6.07 Å². The van der Waals surface area contributed by atoms with Crippen molar-refractivity contribution in [2.75, 3.05) is 41.8 Å². The van der Waals surface area contributed by atoms with E-state index < -0.39 is 0 Å². The first-order valence-corrected chi connectivity index (χ1v) is 11.6. The van der Waals surface area contributed by atoms with Crippen LogP contribution in [0.3, 0.4) is 0 Å². The summed E-state index contributed by atoms with van der Waals surface area (Å²) >= 11 is 0. The van der Waals surface area contributed by atoms with E-state index in [0.717, 1.165) is 54.5 Å². The third kappa shape index (κ3) is 5.57. The van der Waals surface area contributed by atoms with Gasteiger partial charge in [-0.25, -0.2) is 9.97 Å². The lowest BCUT2D eigenvalue weighted by Gasteiger charge is -2.28. The van der Waals surface area contributed by atoms with Crippen molar-refractivity contribution in [1.29, 1.82) is 5.26 Å². The van der Waals surface area contributed by atoms with Crippen molar-refractivity contribution in [2.45, 2.75) is 6.54 Å². The molecule has 0 atom stereocenters. The Hall–Kier alpha value is -4.41. The van der Waals surface area contributed by atoms with Crippen LogP contribution in [0.25, 0.3) is 11.3 Å². The van der Waals surface area contributed by atoms with E-state index in [-0.39, 0.29) is 0 Å². The highest BCUT2D eigenvalue weighted by molar-refractivity contribution is 5.70. The zero-order valence-corrected chi connectivity index (χ0v) is 19.3. The van der Waals surface area contributed by atoms with Crippen LogP contribution in [0.1, 0.15) is 11.1 Å². The second-order valence-corrected chi connectivity index (χ2v) is 8.25. The molecular weight excluding hydrogens is 436 g/mol. The molecular formula is C28H26N6O. The Kier molecular flexibility index (Phi) is 6.83. The van der Waals surface area contributed by atoms with Crippen LogP contribution in [0.5, 0.6) is 0 Å². The molecule has 1 aliphatic heterocycles. The van der Waals surface area contributed by atoms with E-state index >= 15 is 0 Å². The fourth-order valence-corrected chi connectivity index (χ4v) is 4.03. The molecule has 2 N–H and O–H groups in total. The van der Waals surface area contributed by atoms with Crippen LogP contribution in [0, 0.1) is 11.3 Å². The smallest absolute Gasteiger partial charge is 0.227 e. The summed E-state index contributed by atoms with van der Waals surface area (Å²) < 4.78 is 5.43. The second kappa shape index (κ2) is 10.7. The summed E-state index contributed by atoms with van der Waals surface area (Å²) in [7, 11) is 0. The van der Waals surface area contributed by atoms with Crippen molar-refractivity contribution in [1.82, 2.24) is 9.97 Å². The fraction of sp³-hybridized carbons (Fsp3) is 0.179. The van der Waals surface area contributed by atoms with Crippen LogP contribution in [-0.4, -0.2) is 36.3 Å². The summed E-state index contributed by atoms with van der Waals surface area (Å²) in [5.41, 5.74) is 6.23. The first kappa shape index (κ1) is 22.4. The van der Waals surface area contributed by atoms with Crippen molar-refractivity contribution >= 4 is 23.0 Å². The lowest BCUT2D eigenvalue weighted by Crippen LogP contribution is -2.36. The van der Waals surface area contributed by atoms with Gasteiger partial charge in [-0.3, -0.25) is 0 Å². The normalized spacial score (nSPS) is 13.2. The molecule has 1 aromatic heterocycles. The fourth-order valence-electron chi connectivity index (χ4n) is 4.03. The molecule has 0 spiro atoms. The largest absolute Gasteiger partial charge is 0.380 e. The highest BCUT2D eigenvalue weighted by Crippen LogP contribution is 2.26. The molecule has 4 aromatic rings. The number of nitrogens with one attached hydrogen (secondary N) is 2. The van der Waals surface area contributed by atoms with E-state index in [0.29, 0.717) is 18.1 Å². The van der Waals surface area contributed by atoms with Crippen LogP contribution in [0.4, 0.5) is 23.0 Å². The first-order valence-electron chi connectivity index (χ1n) is 11.6. The quantitative estimate of drug-likeness (QED) is 0.390. The average Bonchev–Trinajstić information content (AvgIpc) is 2.93. The molecule has 174 valence electrons. The van der Waals surface area contributed by atoms with Crippen LogP contribution in [-0.2, 0) is 11.3 Å². The number of nitriles is 1. The van der Waals surface area contributed by atoms with Crippen molar-refractivity contribution in [3.8, 4) is 17.3 Å². The summed E-state index contributed by atoms with van der Waals surface area (Å²) in [6.45, 7) is 3.99. The molecule has 0 unspecified atom stereocenters. The predicted octanol–water partition coefficient (Wildman–Crippen LogP) is 5.21. The molecule has 0 radical (unpaired) electrons. The highest BCUT2D eigenvalue weighted by Gasteiger charge is 2.11. The molecule has 0 aliphatic carbocycles. The van der Waals surface area contributed by atoms with Gasteiger partial charge in [0, 0.05) is 42.8 Å². The number of morpholine rings is 1. The van der Waals surface area contributed by atoms with Crippen LogP contribution in [0.15, 0.2) is 85.1 Å². The van der Waals surface area contributed by atoms with Crippen LogP contribution in [0.2, 0.25) is 0 Å². The first-order chi connectivity index (χ1) is 17.3. The van der Waals surface area contributed by atoms with Crippen LogP contribution >= 0.6 is 0 Å². The number of nitrogens with zero attached hydrogens (tertiary/aromatic N) is 4. The van der Waals surface area contributed by atoms with Gasteiger partial charge in [0.15, 0.2) is 0 Å². The van der Waals surface area contributed by atoms with E-state index in [1.54, 1.807) is 6.20 Å². The molecule has 1 fully saturated rings. The Morgan fingerprint density at radius 3 is 2.51 bits per heavy atom. The zero-order valence-electron chi connectivity index (χ0n) is 19.3. The van der Waals surface area contributed by atoms with Gasteiger partial charge < -0.3 is 20.3 Å².